The molecule has 2 unspecified atom stereocenters. The topological polar surface area (TPSA) is 97.2 Å². The highest BCUT2D eigenvalue weighted by molar-refractivity contribution is 6.06. The van der Waals surface area contributed by atoms with Crippen LogP contribution < -0.4 is 10.6 Å². The van der Waals surface area contributed by atoms with Gasteiger partial charge in [-0.25, -0.2) is 9.97 Å². The van der Waals surface area contributed by atoms with Crippen molar-refractivity contribution in [3.05, 3.63) is 30.4 Å². The van der Waals surface area contributed by atoms with E-state index in [0.29, 0.717) is 42.4 Å². The summed E-state index contributed by atoms with van der Waals surface area (Å²) in [7, 11) is 2.14. The normalized spacial score (nSPS) is 23.7. The molecule has 9 heteroatoms. The maximum atomic E-state index is 12.9. The van der Waals surface area contributed by atoms with Gasteiger partial charge in [-0.1, -0.05) is 6.92 Å². The van der Waals surface area contributed by atoms with Gasteiger partial charge in [-0.2, -0.15) is 5.10 Å². The van der Waals surface area contributed by atoms with Crippen molar-refractivity contribution in [2.75, 3.05) is 44.0 Å². The van der Waals surface area contributed by atoms with Gasteiger partial charge in [0.05, 0.1) is 12.6 Å². The molecule has 2 aromatic heterocycles. The summed E-state index contributed by atoms with van der Waals surface area (Å²) in [4.78, 5) is 23.5. The van der Waals surface area contributed by atoms with Crippen LogP contribution in [0.15, 0.2) is 24.8 Å². The average Bonchev–Trinajstić information content (AvgIpc) is 3.19. The van der Waals surface area contributed by atoms with E-state index in [0.717, 1.165) is 32.4 Å². The lowest BCUT2D eigenvalue weighted by Gasteiger charge is -2.30. The molecule has 0 radical (unpaired) electrons. The first-order valence-electron chi connectivity index (χ1n) is 10.3. The third-order valence-corrected chi connectivity index (χ3v) is 5.83. The second kappa shape index (κ2) is 8.87. The molecule has 0 spiro atoms. The third kappa shape index (κ3) is 4.73. The van der Waals surface area contributed by atoms with Gasteiger partial charge in [0.25, 0.3) is 5.91 Å². The molecule has 2 saturated heterocycles. The van der Waals surface area contributed by atoms with Crippen LogP contribution >= 0.6 is 0 Å². The van der Waals surface area contributed by atoms with E-state index in [4.69, 9.17) is 4.74 Å². The molecule has 9 nitrogen and oxygen atoms in total. The second-order valence-electron chi connectivity index (χ2n) is 8.05. The van der Waals surface area contributed by atoms with Crippen molar-refractivity contribution >= 4 is 17.5 Å². The number of likely N-dealkylation sites (tertiary alicyclic amines) is 1. The number of carbonyl (C=O) groups excluding carboxylic acids is 1. The van der Waals surface area contributed by atoms with Crippen LogP contribution in [0.5, 0.6) is 0 Å². The highest BCUT2D eigenvalue weighted by Gasteiger charge is 2.25. The van der Waals surface area contributed by atoms with E-state index in [1.165, 1.54) is 6.33 Å². The molecule has 0 aromatic carbocycles. The standard InChI is InChI=1S/C20H29N7O2/c1-14-12-29-10-6-17(14)23-19-16(11-21-13-22-19)20(28)24-18-5-9-27(25-18)15-3-7-26(2)8-4-15/h5,9,11,13-15,17H,3-4,6-8,10,12H2,1-2H3,(H,21,22,23)(H,24,25,28). The van der Waals surface area contributed by atoms with Crippen LogP contribution in [-0.2, 0) is 4.74 Å². The molecule has 1 amide bonds. The number of nitrogens with zero attached hydrogens (tertiary/aromatic N) is 5. The first kappa shape index (κ1) is 19.8. The first-order valence-corrected chi connectivity index (χ1v) is 10.3. The van der Waals surface area contributed by atoms with Gasteiger partial charge in [0.2, 0.25) is 0 Å². The monoisotopic (exact) mass is 399 g/mol. The van der Waals surface area contributed by atoms with Crippen molar-refractivity contribution < 1.29 is 9.53 Å². The number of ether oxygens (including phenoxy) is 1. The number of aromatic nitrogens is 4. The van der Waals surface area contributed by atoms with Gasteiger partial charge in [-0.15, -0.1) is 0 Å². The third-order valence-electron chi connectivity index (χ3n) is 5.83. The van der Waals surface area contributed by atoms with E-state index in [-0.39, 0.29) is 11.9 Å². The Morgan fingerprint density at radius 2 is 2.10 bits per heavy atom. The minimum absolute atomic E-state index is 0.217. The molecule has 0 bridgehead atoms. The molecule has 4 rings (SSSR count). The molecule has 2 N–H and O–H groups in total. The number of carbonyl (C=O) groups is 1. The highest BCUT2D eigenvalue weighted by Crippen LogP contribution is 2.23. The van der Waals surface area contributed by atoms with Gasteiger partial charge in [0, 0.05) is 31.1 Å². The fourth-order valence-corrected chi connectivity index (χ4v) is 3.93. The first-order chi connectivity index (χ1) is 14.1. The summed E-state index contributed by atoms with van der Waals surface area (Å²) in [5, 5.41) is 10.9. The minimum Gasteiger partial charge on any atom is -0.381 e. The fraction of sp³-hybridized carbons (Fsp3) is 0.600. The fourth-order valence-electron chi connectivity index (χ4n) is 3.93. The van der Waals surface area contributed by atoms with Gasteiger partial charge in [-0.3, -0.25) is 9.48 Å². The molecule has 2 atom stereocenters. The Morgan fingerprint density at radius 3 is 2.90 bits per heavy atom. The quantitative estimate of drug-likeness (QED) is 0.794. The highest BCUT2D eigenvalue weighted by atomic mass is 16.5. The summed E-state index contributed by atoms with van der Waals surface area (Å²) in [5.74, 6) is 1.18. The van der Waals surface area contributed by atoms with E-state index < -0.39 is 0 Å². The molecule has 4 heterocycles. The lowest BCUT2D eigenvalue weighted by molar-refractivity contribution is 0.0536. The number of hydrogen-bond acceptors (Lipinski definition) is 7. The summed E-state index contributed by atoms with van der Waals surface area (Å²) < 4.78 is 7.46. The van der Waals surface area contributed by atoms with Gasteiger partial charge >= 0.3 is 0 Å². The van der Waals surface area contributed by atoms with Crippen LogP contribution in [0, 0.1) is 5.92 Å². The van der Waals surface area contributed by atoms with Crippen molar-refractivity contribution in [3.63, 3.8) is 0 Å². The maximum absolute atomic E-state index is 12.9. The Balaban J connectivity index is 1.42. The molecule has 156 valence electrons. The van der Waals surface area contributed by atoms with Crippen molar-refractivity contribution in [1.82, 2.24) is 24.6 Å². The molecule has 0 aliphatic carbocycles. The van der Waals surface area contributed by atoms with Crippen molar-refractivity contribution in [3.8, 4) is 0 Å². The summed E-state index contributed by atoms with van der Waals surface area (Å²) in [5.41, 5.74) is 0.417. The van der Waals surface area contributed by atoms with Gasteiger partial charge in [0.1, 0.15) is 17.7 Å². The number of hydrogen-bond donors (Lipinski definition) is 2. The molecule has 2 fully saturated rings. The number of anilines is 2. The summed E-state index contributed by atoms with van der Waals surface area (Å²) in [6.45, 7) is 5.68. The lowest BCUT2D eigenvalue weighted by Crippen LogP contribution is -2.36. The predicted molar refractivity (Wildman–Crippen MR) is 110 cm³/mol. The molecule has 2 aliphatic rings. The van der Waals surface area contributed by atoms with Crippen LogP contribution in [0.2, 0.25) is 0 Å². The molecular weight excluding hydrogens is 370 g/mol. The van der Waals surface area contributed by atoms with E-state index in [1.807, 2.05) is 16.9 Å². The van der Waals surface area contributed by atoms with Crippen molar-refractivity contribution in [2.24, 2.45) is 5.92 Å². The zero-order valence-corrected chi connectivity index (χ0v) is 17.0. The summed E-state index contributed by atoms with van der Waals surface area (Å²) >= 11 is 0. The van der Waals surface area contributed by atoms with Gasteiger partial charge in [0.15, 0.2) is 5.82 Å². The van der Waals surface area contributed by atoms with Gasteiger partial charge in [-0.05, 0) is 45.3 Å². The molecule has 2 aliphatic heterocycles. The Morgan fingerprint density at radius 1 is 1.28 bits per heavy atom. The van der Waals surface area contributed by atoms with E-state index in [9.17, 15) is 4.79 Å². The number of nitrogens with one attached hydrogen (secondary N) is 2. The Kier molecular flexibility index (Phi) is 6.05. The SMILES string of the molecule is CC1COCCC1Nc1ncncc1C(=O)Nc1ccn(C2CCN(C)CC2)n1. The zero-order valence-electron chi connectivity index (χ0n) is 17.0. The largest absolute Gasteiger partial charge is 0.381 e. The van der Waals surface area contributed by atoms with Crippen LogP contribution in [0.1, 0.15) is 42.6 Å². The van der Waals surface area contributed by atoms with Crippen molar-refractivity contribution in [1.29, 1.82) is 0 Å². The number of amides is 1. The van der Waals surface area contributed by atoms with E-state index >= 15 is 0 Å². The Bertz CT molecular complexity index is 832. The minimum atomic E-state index is -0.263. The number of piperidine rings is 1. The summed E-state index contributed by atoms with van der Waals surface area (Å²) in [6.07, 6.45) is 7.95. The van der Waals surface area contributed by atoms with E-state index in [1.54, 1.807) is 6.20 Å². The lowest BCUT2D eigenvalue weighted by atomic mass is 9.98. The average molecular weight is 399 g/mol. The molecular formula is C20H29N7O2. The van der Waals surface area contributed by atoms with Crippen LogP contribution in [-0.4, -0.2) is 69.9 Å². The Labute approximate surface area is 170 Å². The second-order valence-corrected chi connectivity index (χ2v) is 8.05. The van der Waals surface area contributed by atoms with Gasteiger partial charge < -0.3 is 20.3 Å². The smallest absolute Gasteiger partial charge is 0.262 e. The summed E-state index contributed by atoms with van der Waals surface area (Å²) in [6, 6.07) is 2.44. The molecule has 29 heavy (non-hydrogen) atoms. The zero-order chi connectivity index (χ0) is 20.2. The number of rotatable bonds is 5. The molecule has 2 aromatic rings. The van der Waals surface area contributed by atoms with Crippen LogP contribution in [0.25, 0.3) is 0 Å². The maximum Gasteiger partial charge on any atom is 0.262 e. The van der Waals surface area contributed by atoms with E-state index in [2.05, 4.69) is 44.6 Å². The van der Waals surface area contributed by atoms with Crippen LogP contribution in [0.3, 0.4) is 0 Å². The van der Waals surface area contributed by atoms with Crippen molar-refractivity contribution in [2.45, 2.75) is 38.3 Å². The molecule has 0 saturated carbocycles. The Hall–Kier alpha value is -2.52. The van der Waals surface area contributed by atoms with Crippen LogP contribution in [0.4, 0.5) is 11.6 Å². The predicted octanol–water partition coefficient (Wildman–Crippen LogP) is 2.03.